The lowest BCUT2D eigenvalue weighted by Crippen LogP contribution is -2.02. The van der Waals surface area contributed by atoms with Crippen molar-refractivity contribution in [3.05, 3.63) is 120 Å². The maximum absolute atomic E-state index is 15.0. The van der Waals surface area contributed by atoms with Gasteiger partial charge in [-0.1, -0.05) is 67.3 Å². The first-order valence-electron chi connectivity index (χ1n) is 11.9. The van der Waals surface area contributed by atoms with Gasteiger partial charge in [0.2, 0.25) is 5.82 Å². The van der Waals surface area contributed by atoms with Gasteiger partial charge in [0.05, 0.1) is 6.61 Å². The molecule has 0 amide bonds. The molecule has 0 aliphatic heterocycles. The van der Waals surface area contributed by atoms with Crippen LogP contribution in [0.5, 0.6) is 11.5 Å². The van der Waals surface area contributed by atoms with Gasteiger partial charge in [0.15, 0.2) is 23.2 Å². The van der Waals surface area contributed by atoms with Gasteiger partial charge in [0.25, 0.3) is 0 Å². The third-order valence-corrected chi connectivity index (χ3v) is 5.99. The van der Waals surface area contributed by atoms with Crippen molar-refractivity contribution in [3.63, 3.8) is 0 Å². The number of ether oxygens (including phenoxy) is 2. The highest BCUT2D eigenvalue weighted by atomic mass is 19.2. The first kappa shape index (κ1) is 26.0. The molecule has 0 aromatic heterocycles. The number of aryl methyl sites for hydroxylation is 2. The molecule has 0 fully saturated rings. The van der Waals surface area contributed by atoms with E-state index in [1.54, 1.807) is 60.7 Å². The molecule has 0 saturated heterocycles. The van der Waals surface area contributed by atoms with E-state index in [-0.39, 0.29) is 35.5 Å². The van der Waals surface area contributed by atoms with E-state index in [0.29, 0.717) is 29.9 Å². The second-order valence-corrected chi connectivity index (χ2v) is 8.39. The second kappa shape index (κ2) is 11.8. The predicted octanol–water partition coefficient (Wildman–Crippen LogP) is 8.33. The van der Waals surface area contributed by atoms with E-state index in [1.165, 1.54) is 18.2 Å². The van der Waals surface area contributed by atoms with Crippen molar-refractivity contribution in [2.75, 3.05) is 13.2 Å². The van der Waals surface area contributed by atoms with Crippen molar-refractivity contribution in [1.29, 1.82) is 0 Å². The average molecular weight is 507 g/mol. The SMILES string of the molecule is C=CCOc1ccc(CCc2ccc(-c3ccc(-c4ccc(OCC)cc4)c(F)c3F)cc2)c(F)c1F. The number of hydrogen-bond acceptors (Lipinski definition) is 2. The number of benzene rings is 4. The normalized spacial score (nSPS) is 10.8. The lowest BCUT2D eigenvalue weighted by atomic mass is 9.97. The Morgan fingerprint density at radius 1 is 0.649 bits per heavy atom. The molecule has 0 aliphatic carbocycles. The molecule has 0 saturated carbocycles. The smallest absolute Gasteiger partial charge is 0.200 e. The van der Waals surface area contributed by atoms with E-state index in [1.807, 2.05) is 6.92 Å². The van der Waals surface area contributed by atoms with Gasteiger partial charge in [0, 0.05) is 11.1 Å². The molecule has 0 aliphatic rings. The second-order valence-electron chi connectivity index (χ2n) is 8.39. The fourth-order valence-electron chi connectivity index (χ4n) is 4.05. The molecule has 0 unspecified atom stereocenters. The van der Waals surface area contributed by atoms with Gasteiger partial charge in [-0.3, -0.25) is 0 Å². The summed E-state index contributed by atoms with van der Waals surface area (Å²) in [4.78, 5) is 0. The van der Waals surface area contributed by atoms with Crippen LogP contribution in [0.25, 0.3) is 22.3 Å². The molecule has 0 heterocycles. The van der Waals surface area contributed by atoms with Gasteiger partial charge in [-0.05, 0) is 60.2 Å². The van der Waals surface area contributed by atoms with Crippen LogP contribution in [0.1, 0.15) is 18.1 Å². The molecular weight excluding hydrogens is 480 g/mol. The van der Waals surface area contributed by atoms with Gasteiger partial charge in [0.1, 0.15) is 12.4 Å². The molecule has 190 valence electrons. The summed E-state index contributed by atoms with van der Waals surface area (Å²) in [7, 11) is 0. The van der Waals surface area contributed by atoms with Gasteiger partial charge < -0.3 is 9.47 Å². The number of rotatable bonds is 10. The number of halogens is 4. The third-order valence-electron chi connectivity index (χ3n) is 5.99. The van der Waals surface area contributed by atoms with E-state index in [4.69, 9.17) is 9.47 Å². The Kier molecular flexibility index (Phi) is 8.29. The van der Waals surface area contributed by atoms with Gasteiger partial charge >= 0.3 is 0 Å². The summed E-state index contributed by atoms with van der Waals surface area (Å²) in [5, 5.41) is 0. The fourth-order valence-corrected chi connectivity index (χ4v) is 4.05. The Hall–Kier alpha value is -4.06. The van der Waals surface area contributed by atoms with Crippen molar-refractivity contribution >= 4 is 0 Å². The summed E-state index contributed by atoms with van der Waals surface area (Å²) >= 11 is 0. The minimum atomic E-state index is -1.03. The van der Waals surface area contributed by atoms with Crippen molar-refractivity contribution in [2.45, 2.75) is 19.8 Å². The summed E-state index contributed by atoms with van der Waals surface area (Å²) in [6, 6.07) is 19.7. The molecule has 0 spiro atoms. The van der Waals surface area contributed by atoms with Crippen molar-refractivity contribution < 1.29 is 27.0 Å². The predicted molar refractivity (Wildman–Crippen MR) is 138 cm³/mol. The van der Waals surface area contributed by atoms with E-state index in [0.717, 1.165) is 5.56 Å². The van der Waals surface area contributed by atoms with Crippen molar-refractivity contribution in [2.24, 2.45) is 0 Å². The van der Waals surface area contributed by atoms with Crippen LogP contribution in [0, 0.1) is 23.3 Å². The Labute approximate surface area is 213 Å². The van der Waals surface area contributed by atoms with Crippen LogP contribution in [-0.2, 0) is 12.8 Å². The molecule has 2 nitrogen and oxygen atoms in total. The summed E-state index contributed by atoms with van der Waals surface area (Å²) < 4.78 is 69.1. The quantitative estimate of drug-likeness (QED) is 0.159. The number of hydrogen-bond donors (Lipinski definition) is 0. The molecule has 0 N–H and O–H groups in total. The molecule has 4 aromatic carbocycles. The molecule has 0 radical (unpaired) electrons. The standard InChI is InChI=1S/C31H26F4O2/c1-3-19-37-27-18-13-23(28(32)31(27)35)10-7-20-5-8-21(9-6-20)25-16-17-26(30(34)29(25)33)22-11-14-24(15-12-22)36-4-2/h3,5-6,8-9,11-18H,1,4,7,10,19H2,2H3. The van der Waals surface area contributed by atoms with Gasteiger partial charge in [-0.2, -0.15) is 4.39 Å². The van der Waals surface area contributed by atoms with Crippen molar-refractivity contribution in [3.8, 4) is 33.8 Å². The van der Waals surface area contributed by atoms with E-state index in [9.17, 15) is 13.2 Å². The third kappa shape index (κ3) is 5.85. The van der Waals surface area contributed by atoms with E-state index in [2.05, 4.69) is 6.58 Å². The van der Waals surface area contributed by atoms with Gasteiger partial charge in [-0.15, -0.1) is 0 Å². The highest BCUT2D eigenvalue weighted by Gasteiger charge is 2.17. The molecule has 0 atom stereocenters. The van der Waals surface area contributed by atoms with Crippen LogP contribution in [0.3, 0.4) is 0 Å². The summed E-state index contributed by atoms with van der Waals surface area (Å²) in [6.07, 6.45) is 2.16. The average Bonchev–Trinajstić information content (AvgIpc) is 2.92. The van der Waals surface area contributed by atoms with E-state index < -0.39 is 23.3 Å². The minimum Gasteiger partial charge on any atom is -0.494 e. The Morgan fingerprint density at radius 2 is 1.24 bits per heavy atom. The molecule has 4 aromatic rings. The fraction of sp³-hybridized carbons (Fsp3) is 0.161. The van der Waals surface area contributed by atoms with Crippen molar-refractivity contribution in [1.82, 2.24) is 0 Å². The molecule has 6 heteroatoms. The highest BCUT2D eigenvalue weighted by Crippen LogP contribution is 2.32. The van der Waals surface area contributed by atoms with Crippen LogP contribution < -0.4 is 9.47 Å². The minimum absolute atomic E-state index is 0.0802. The van der Waals surface area contributed by atoms with Crippen LogP contribution >= 0.6 is 0 Å². The van der Waals surface area contributed by atoms with E-state index >= 15 is 4.39 Å². The molecule has 0 bridgehead atoms. The molecule has 37 heavy (non-hydrogen) atoms. The Morgan fingerprint density at radius 3 is 1.81 bits per heavy atom. The summed E-state index contributed by atoms with van der Waals surface area (Å²) in [5.41, 5.74) is 2.44. The van der Waals surface area contributed by atoms with Crippen LogP contribution in [0.15, 0.2) is 85.5 Å². The molecular formula is C31H26F4O2. The maximum atomic E-state index is 15.0. The monoisotopic (exact) mass is 506 g/mol. The lowest BCUT2D eigenvalue weighted by Gasteiger charge is -2.11. The zero-order valence-electron chi connectivity index (χ0n) is 20.4. The van der Waals surface area contributed by atoms with Gasteiger partial charge in [-0.25, -0.2) is 13.2 Å². The summed E-state index contributed by atoms with van der Waals surface area (Å²) in [5.74, 6) is -3.33. The molecule has 4 rings (SSSR count). The highest BCUT2D eigenvalue weighted by molar-refractivity contribution is 5.72. The van der Waals surface area contributed by atoms with Crippen LogP contribution in [0.4, 0.5) is 17.6 Å². The largest absolute Gasteiger partial charge is 0.494 e. The zero-order valence-corrected chi connectivity index (χ0v) is 20.4. The first-order valence-corrected chi connectivity index (χ1v) is 11.9. The maximum Gasteiger partial charge on any atom is 0.200 e. The topological polar surface area (TPSA) is 18.5 Å². The first-order chi connectivity index (χ1) is 17.9. The Balaban J connectivity index is 1.47. The summed E-state index contributed by atoms with van der Waals surface area (Å²) in [6.45, 7) is 5.95. The Bertz CT molecular complexity index is 1380. The lowest BCUT2D eigenvalue weighted by molar-refractivity contribution is 0.331. The van der Waals surface area contributed by atoms with Crippen LogP contribution in [0.2, 0.25) is 0 Å². The van der Waals surface area contributed by atoms with Crippen LogP contribution in [-0.4, -0.2) is 13.2 Å². The zero-order chi connectivity index (χ0) is 26.4.